The summed E-state index contributed by atoms with van der Waals surface area (Å²) in [4.78, 5) is 0. The van der Waals surface area contributed by atoms with Gasteiger partial charge in [-0.2, -0.15) is 52.7 Å². The summed E-state index contributed by atoms with van der Waals surface area (Å²) in [6.07, 6.45) is -19.9. The van der Waals surface area contributed by atoms with E-state index < -0.39 is 99.5 Å². The third-order valence-corrected chi connectivity index (χ3v) is 17.9. The standard InChI is InChI=1S/C37H28F12N3O6P3.C10H12O3/c1-3-53-59(54-30-15-5-10-25(20-30)34(38,39)40)50-60(55-29-14-4-9-24(2)19-29,56-31-16-6-11-26(21-31)35(41,42)43)52-61(51-59,57-32-17-7-12-27(22-32)36(44,45)46)58-33-18-8-13-28(23-33)37(47,48)49;1-2-11-6-8-3-4-9-10(5-8)13-7-12-9/h4-23H,3H2,1-2H3;3-5H,2,6-7H2,1H3. The van der Waals surface area contributed by atoms with E-state index in [0.717, 1.165) is 72.2 Å². The maximum absolute atomic E-state index is 14.0. The molecule has 74 heavy (non-hydrogen) atoms. The zero-order chi connectivity index (χ0) is 53.6. The van der Waals surface area contributed by atoms with E-state index in [1.54, 1.807) is 13.0 Å². The van der Waals surface area contributed by atoms with Crippen molar-refractivity contribution in [3.63, 3.8) is 0 Å². The van der Waals surface area contributed by atoms with Gasteiger partial charge in [0.15, 0.2) is 11.5 Å². The molecule has 0 spiro atoms. The number of alkyl halides is 12. The van der Waals surface area contributed by atoms with Crippen LogP contribution in [0.2, 0.25) is 0 Å². The molecule has 0 saturated heterocycles. The molecule has 27 heteroatoms. The monoisotopic (exact) mass is 1110 g/mol. The van der Waals surface area contributed by atoms with Gasteiger partial charge < -0.3 is 36.8 Å². The van der Waals surface area contributed by atoms with Crippen LogP contribution in [0.5, 0.6) is 40.2 Å². The van der Waals surface area contributed by atoms with Crippen LogP contribution in [0, 0.1) is 6.92 Å². The van der Waals surface area contributed by atoms with E-state index in [1.807, 2.05) is 25.1 Å². The maximum Gasteiger partial charge on any atom is 0.460 e. The average molecular weight is 1110 g/mol. The van der Waals surface area contributed by atoms with E-state index in [1.165, 1.54) is 25.1 Å². The number of fused-ring (bicyclic) bond motifs is 1. The van der Waals surface area contributed by atoms with Crippen molar-refractivity contribution in [2.45, 2.75) is 52.1 Å². The summed E-state index contributed by atoms with van der Waals surface area (Å²) in [5, 5.41) is 0. The van der Waals surface area contributed by atoms with Gasteiger partial charge in [0, 0.05) is 6.61 Å². The van der Waals surface area contributed by atoms with Crippen molar-refractivity contribution >= 4 is 23.0 Å². The second-order valence-electron chi connectivity index (χ2n) is 15.4. The highest BCUT2D eigenvalue weighted by Crippen LogP contribution is 2.79. The topological polar surface area (TPSA) is 120 Å². The molecule has 396 valence electrons. The molecular weight excluding hydrogens is 1070 g/mol. The number of nitrogens with zero attached hydrogens (tertiary/aromatic N) is 3. The molecule has 8 rings (SSSR count). The predicted octanol–water partition coefficient (Wildman–Crippen LogP) is 17.6. The summed E-state index contributed by atoms with van der Waals surface area (Å²) >= 11 is 0. The molecule has 12 nitrogen and oxygen atoms in total. The van der Waals surface area contributed by atoms with Crippen molar-refractivity contribution in [3.8, 4) is 40.2 Å². The fourth-order valence-corrected chi connectivity index (χ4v) is 15.6. The zero-order valence-corrected chi connectivity index (χ0v) is 41.2. The van der Waals surface area contributed by atoms with Crippen LogP contribution in [-0.4, -0.2) is 20.0 Å². The van der Waals surface area contributed by atoms with Gasteiger partial charge in [0.1, 0.15) is 28.7 Å². The van der Waals surface area contributed by atoms with Gasteiger partial charge in [-0.1, -0.05) is 47.0 Å². The van der Waals surface area contributed by atoms with E-state index in [2.05, 4.69) is 13.5 Å². The molecule has 6 aromatic rings. The second kappa shape index (κ2) is 22.3. The third kappa shape index (κ3) is 14.5. The highest BCUT2D eigenvalue weighted by atomic mass is 31.3. The Hall–Kier alpha value is -6.31. The Labute approximate surface area is 414 Å². The van der Waals surface area contributed by atoms with Gasteiger partial charge >= 0.3 is 47.7 Å². The van der Waals surface area contributed by atoms with Gasteiger partial charge in [-0.05, 0) is 129 Å². The van der Waals surface area contributed by atoms with Crippen molar-refractivity contribution in [3.05, 3.63) is 173 Å². The highest BCUT2D eigenvalue weighted by Gasteiger charge is 2.49. The second-order valence-corrected chi connectivity index (χ2v) is 21.6. The lowest BCUT2D eigenvalue weighted by Gasteiger charge is -2.33. The van der Waals surface area contributed by atoms with Crippen molar-refractivity contribution in [2.24, 2.45) is 13.5 Å². The minimum Gasteiger partial charge on any atom is -0.454 e. The lowest BCUT2D eigenvalue weighted by atomic mass is 10.2. The van der Waals surface area contributed by atoms with E-state index >= 15 is 0 Å². The molecule has 2 aliphatic rings. The molecule has 0 radical (unpaired) electrons. The first-order valence-corrected chi connectivity index (χ1v) is 26.1. The Morgan fingerprint density at radius 2 is 0.797 bits per heavy atom. The summed E-state index contributed by atoms with van der Waals surface area (Å²) in [5.74, 6) is -1.29. The Balaban J connectivity index is 0.000000531. The first-order valence-electron chi connectivity index (χ1n) is 21.5. The van der Waals surface area contributed by atoms with Gasteiger partial charge in [0.25, 0.3) is 0 Å². The number of ether oxygens (including phenoxy) is 3. The molecule has 6 aromatic carbocycles. The molecule has 0 saturated carbocycles. The molecule has 0 aromatic heterocycles. The molecule has 2 unspecified atom stereocenters. The van der Waals surface area contributed by atoms with Crippen molar-refractivity contribution in [1.29, 1.82) is 0 Å². The number of hydrogen-bond donors (Lipinski definition) is 0. The fourth-order valence-electron chi connectivity index (χ4n) is 6.47. The quantitative estimate of drug-likeness (QED) is 0.0731. The van der Waals surface area contributed by atoms with Crippen LogP contribution in [0.3, 0.4) is 0 Å². The number of benzene rings is 6. The summed E-state index contributed by atoms with van der Waals surface area (Å²) < 4.78 is 233. The summed E-state index contributed by atoms with van der Waals surface area (Å²) in [6, 6.07) is 23.8. The number of rotatable bonds is 15. The van der Waals surface area contributed by atoms with Gasteiger partial charge in [0.05, 0.1) is 35.5 Å². The first kappa shape index (κ1) is 55.4. The summed E-state index contributed by atoms with van der Waals surface area (Å²) in [6.45, 7) is 6.14. The van der Waals surface area contributed by atoms with E-state index in [-0.39, 0.29) is 5.75 Å². The number of halogens is 12. The van der Waals surface area contributed by atoms with Gasteiger partial charge in [-0.15, -0.1) is 9.03 Å². The molecule has 2 atom stereocenters. The Morgan fingerprint density at radius 3 is 1.19 bits per heavy atom. The summed E-state index contributed by atoms with van der Waals surface area (Å²) in [7, 11) is -15.1. The minimum atomic E-state index is -5.19. The molecule has 0 fully saturated rings. The van der Waals surface area contributed by atoms with Crippen molar-refractivity contribution < 1.29 is 94.0 Å². The van der Waals surface area contributed by atoms with Gasteiger partial charge in [-0.25, -0.2) is 0 Å². The van der Waals surface area contributed by atoms with Gasteiger partial charge in [0.2, 0.25) is 6.79 Å². The van der Waals surface area contributed by atoms with E-state index in [9.17, 15) is 52.7 Å². The lowest BCUT2D eigenvalue weighted by molar-refractivity contribution is -0.138. The molecule has 0 N–H and O–H groups in total. The molecule has 2 aliphatic heterocycles. The maximum atomic E-state index is 14.0. The summed E-state index contributed by atoms with van der Waals surface area (Å²) in [5.41, 5.74) is -3.47. The Bertz CT molecular complexity index is 3070. The van der Waals surface area contributed by atoms with Crippen LogP contribution >= 0.6 is 23.0 Å². The predicted molar refractivity (Wildman–Crippen MR) is 248 cm³/mol. The number of hydrogen-bond acceptors (Lipinski definition) is 12. The van der Waals surface area contributed by atoms with Crippen molar-refractivity contribution in [2.75, 3.05) is 20.0 Å². The van der Waals surface area contributed by atoms with Crippen LogP contribution in [-0.2, 0) is 40.6 Å². The van der Waals surface area contributed by atoms with Crippen LogP contribution in [0.4, 0.5) is 52.7 Å². The third-order valence-electron chi connectivity index (χ3n) is 9.64. The van der Waals surface area contributed by atoms with Crippen LogP contribution in [0.1, 0.15) is 47.2 Å². The van der Waals surface area contributed by atoms with Crippen LogP contribution in [0.15, 0.2) is 153 Å². The smallest absolute Gasteiger partial charge is 0.454 e. The molecular formula is C47H40F12N3O9P3. The minimum absolute atomic E-state index is 0.167. The highest BCUT2D eigenvalue weighted by molar-refractivity contribution is 7.79. The van der Waals surface area contributed by atoms with E-state index in [4.69, 9.17) is 41.4 Å². The first-order chi connectivity index (χ1) is 34.8. The molecule has 0 amide bonds. The SMILES string of the molecule is CCOCc1ccc2c(c1)OCO2.CCOP1(Oc2cccc(C(F)(F)F)c2)=NP(Oc2cccc(C(F)(F)F)c2)(Oc2cccc(C(F)(F)F)c2)=NP(Oc2cccc(C)c2)(Oc2cccc(C(F)(F)F)c2)=N1. The Kier molecular flexibility index (Phi) is 16.7. The van der Waals surface area contributed by atoms with Crippen LogP contribution < -0.4 is 32.1 Å². The average Bonchev–Trinajstić information content (AvgIpc) is 3.78. The lowest BCUT2D eigenvalue weighted by Crippen LogP contribution is -2.12. The molecule has 0 aliphatic carbocycles. The Morgan fingerprint density at radius 1 is 0.432 bits per heavy atom. The normalized spacial score (nSPS) is 18.1. The van der Waals surface area contributed by atoms with E-state index in [0.29, 0.717) is 67.5 Å². The number of aryl methyl sites for hydroxylation is 1. The van der Waals surface area contributed by atoms with Crippen molar-refractivity contribution in [1.82, 2.24) is 0 Å². The fraction of sp³-hybridized carbons (Fsp3) is 0.234. The zero-order valence-electron chi connectivity index (χ0n) is 38.5. The molecule has 0 bridgehead atoms. The van der Waals surface area contributed by atoms with Crippen LogP contribution in [0.25, 0.3) is 0 Å². The molecule has 2 heterocycles. The van der Waals surface area contributed by atoms with Gasteiger partial charge in [-0.3, -0.25) is 4.52 Å². The largest absolute Gasteiger partial charge is 0.460 e.